The Hall–Kier alpha value is -2.89. The number of carbonyl (C=O) groups excluding carboxylic acids is 1. The summed E-state index contributed by atoms with van der Waals surface area (Å²) in [7, 11) is 3.19. The van der Waals surface area contributed by atoms with Crippen LogP contribution in [0.2, 0.25) is 0 Å². The highest BCUT2D eigenvalue weighted by molar-refractivity contribution is 6.00. The van der Waals surface area contributed by atoms with Gasteiger partial charge in [0, 0.05) is 30.5 Å². The summed E-state index contributed by atoms with van der Waals surface area (Å²) in [5.41, 5.74) is 3.53. The van der Waals surface area contributed by atoms with E-state index in [9.17, 15) is 4.79 Å². The number of ether oxygens (including phenoxy) is 4. The Balaban J connectivity index is 1.57. The summed E-state index contributed by atoms with van der Waals surface area (Å²) in [4.78, 5) is 12.9. The predicted molar refractivity (Wildman–Crippen MR) is 95.6 cm³/mol. The quantitative estimate of drug-likeness (QED) is 0.893. The zero-order valence-corrected chi connectivity index (χ0v) is 14.9. The number of carbonyl (C=O) groups is 1. The van der Waals surface area contributed by atoms with E-state index in [-0.39, 0.29) is 5.91 Å². The van der Waals surface area contributed by atoms with Crippen molar-refractivity contribution < 1.29 is 23.7 Å². The second kappa shape index (κ2) is 6.78. The van der Waals surface area contributed by atoms with Crippen LogP contribution in [-0.4, -0.2) is 33.3 Å². The van der Waals surface area contributed by atoms with E-state index >= 15 is 0 Å². The molecule has 1 N–H and O–H groups in total. The summed E-state index contributed by atoms with van der Waals surface area (Å²) >= 11 is 0. The second-order valence-corrected chi connectivity index (χ2v) is 6.29. The zero-order valence-electron chi connectivity index (χ0n) is 14.9. The number of benzene rings is 2. The molecule has 136 valence electrons. The Kier molecular flexibility index (Phi) is 4.32. The van der Waals surface area contributed by atoms with Gasteiger partial charge in [0.1, 0.15) is 11.5 Å². The van der Waals surface area contributed by atoms with Crippen LogP contribution >= 0.6 is 0 Å². The van der Waals surface area contributed by atoms with Crippen LogP contribution in [-0.2, 0) is 19.4 Å². The van der Waals surface area contributed by atoms with Crippen molar-refractivity contribution in [2.24, 2.45) is 0 Å². The number of rotatable bonds is 5. The van der Waals surface area contributed by atoms with Gasteiger partial charge in [0.2, 0.25) is 0 Å². The number of amides is 1. The molecule has 26 heavy (non-hydrogen) atoms. The average molecular weight is 355 g/mol. The Morgan fingerprint density at radius 2 is 1.88 bits per heavy atom. The molecular weight excluding hydrogens is 334 g/mol. The maximum atomic E-state index is 12.9. The van der Waals surface area contributed by atoms with Crippen LogP contribution in [0.1, 0.15) is 27.0 Å². The minimum absolute atomic E-state index is 0.139. The first kappa shape index (κ1) is 16.6. The average Bonchev–Trinajstić information content (AvgIpc) is 3.32. The molecule has 0 unspecified atom stereocenters. The molecular formula is C20H21NO5. The summed E-state index contributed by atoms with van der Waals surface area (Å²) in [6.45, 7) is 1.60. The fraction of sp³-hybridized carbons (Fsp3) is 0.350. The molecule has 0 fully saturated rings. The number of fused-ring (bicyclic) bond motifs is 2. The molecule has 0 bridgehead atoms. The first-order chi connectivity index (χ1) is 12.7. The lowest BCUT2D eigenvalue weighted by atomic mass is 9.99. The van der Waals surface area contributed by atoms with E-state index in [1.807, 2.05) is 24.3 Å². The third kappa shape index (κ3) is 2.81. The molecule has 4 rings (SSSR count). The number of methoxy groups -OCH3 is 2. The van der Waals surface area contributed by atoms with Crippen molar-refractivity contribution in [3.8, 4) is 23.0 Å². The predicted octanol–water partition coefficient (Wildman–Crippen LogP) is 2.50. The summed E-state index contributed by atoms with van der Waals surface area (Å²) in [5.74, 6) is 2.68. The Bertz CT molecular complexity index is 830. The smallest absolute Gasteiger partial charge is 0.255 e. The largest absolute Gasteiger partial charge is 0.493 e. The Labute approximate surface area is 152 Å². The fourth-order valence-corrected chi connectivity index (χ4v) is 3.49. The highest BCUT2D eigenvalue weighted by Gasteiger charge is 2.30. The van der Waals surface area contributed by atoms with Gasteiger partial charge in [-0.05, 0) is 23.8 Å². The summed E-state index contributed by atoms with van der Waals surface area (Å²) in [5, 5.41) is 2.99. The van der Waals surface area contributed by atoms with Crippen LogP contribution in [0.15, 0.2) is 24.3 Å². The topological polar surface area (TPSA) is 66.0 Å². The van der Waals surface area contributed by atoms with E-state index in [0.29, 0.717) is 42.6 Å². The van der Waals surface area contributed by atoms with E-state index < -0.39 is 0 Å². The third-order valence-corrected chi connectivity index (χ3v) is 4.78. The van der Waals surface area contributed by atoms with Gasteiger partial charge in [-0.2, -0.15) is 0 Å². The fourth-order valence-electron chi connectivity index (χ4n) is 3.49. The van der Waals surface area contributed by atoms with Crippen LogP contribution in [0.25, 0.3) is 0 Å². The van der Waals surface area contributed by atoms with Gasteiger partial charge in [0.05, 0.1) is 33.0 Å². The summed E-state index contributed by atoms with van der Waals surface area (Å²) in [6.07, 6.45) is 1.53. The molecule has 1 amide bonds. The van der Waals surface area contributed by atoms with Crippen molar-refractivity contribution >= 4 is 5.91 Å². The van der Waals surface area contributed by atoms with Gasteiger partial charge in [-0.3, -0.25) is 4.79 Å². The molecule has 0 spiro atoms. The normalized spacial score (nSPS) is 14.1. The lowest BCUT2D eigenvalue weighted by molar-refractivity contribution is 0.0947. The number of hydrogen-bond donors (Lipinski definition) is 1. The maximum Gasteiger partial charge on any atom is 0.255 e. The van der Waals surface area contributed by atoms with Gasteiger partial charge < -0.3 is 24.3 Å². The minimum atomic E-state index is -0.139. The standard InChI is InChI=1S/C20H21NO5/c1-23-15-4-3-12(9-17(15)24-2)11-21-20(22)18-14-6-8-25-16(14)10-13-5-7-26-19(13)18/h3-4,9-10H,5-8,11H2,1-2H3,(H,21,22). The molecule has 0 atom stereocenters. The highest BCUT2D eigenvalue weighted by Crippen LogP contribution is 2.40. The van der Waals surface area contributed by atoms with E-state index in [4.69, 9.17) is 18.9 Å². The molecule has 2 aromatic carbocycles. The first-order valence-corrected chi connectivity index (χ1v) is 8.64. The lowest BCUT2D eigenvalue weighted by Crippen LogP contribution is -2.24. The van der Waals surface area contributed by atoms with Crippen molar-refractivity contribution in [2.75, 3.05) is 27.4 Å². The van der Waals surface area contributed by atoms with Crippen LogP contribution in [0.4, 0.5) is 0 Å². The summed E-state index contributed by atoms with van der Waals surface area (Å²) < 4.78 is 22.0. The molecule has 2 aliphatic heterocycles. The lowest BCUT2D eigenvalue weighted by Gasteiger charge is -2.14. The van der Waals surface area contributed by atoms with E-state index in [1.54, 1.807) is 14.2 Å². The number of nitrogens with one attached hydrogen (secondary N) is 1. The van der Waals surface area contributed by atoms with Crippen molar-refractivity contribution in [1.29, 1.82) is 0 Å². The van der Waals surface area contributed by atoms with Crippen LogP contribution in [0.5, 0.6) is 23.0 Å². The van der Waals surface area contributed by atoms with Gasteiger partial charge >= 0.3 is 0 Å². The van der Waals surface area contributed by atoms with Gasteiger partial charge in [-0.15, -0.1) is 0 Å². The van der Waals surface area contributed by atoms with Crippen LogP contribution in [0, 0.1) is 0 Å². The van der Waals surface area contributed by atoms with E-state index in [0.717, 1.165) is 35.3 Å². The van der Waals surface area contributed by atoms with Gasteiger partial charge in [0.15, 0.2) is 11.5 Å². The molecule has 2 aliphatic rings. The Morgan fingerprint density at radius 3 is 2.69 bits per heavy atom. The molecule has 0 radical (unpaired) electrons. The third-order valence-electron chi connectivity index (χ3n) is 4.78. The Morgan fingerprint density at radius 1 is 1.08 bits per heavy atom. The summed E-state index contributed by atoms with van der Waals surface area (Å²) in [6, 6.07) is 7.60. The second-order valence-electron chi connectivity index (χ2n) is 6.29. The van der Waals surface area contributed by atoms with Gasteiger partial charge in [-0.25, -0.2) is 0 Å². The minimum Gasteiger partial charge on any atom is -0.493 e. The molecule has 6 heteroatoms. The van der Waals surface area contributed by atoms with Crippen molar-refractivity contribution in [3.63, 3.8) is 0 Å². The maximum absolute atomic E-state index is 12.9. The molecule has 2 aromatic rings. The molecule has 2 heterocycles. The van der Waals surface area contributed by atoms with Crippen molar-refractivity contribution in [2.45, 2.75) is 19.4 Å². The number of hydrogen-bond acceptors (Lipinski definition) is 5. The monoisotopic (exact) mass is 355 g/mol. The van der Waals surface area contributed by atoms with Crippen molar-refractivity contribution in [3.05, 3.63) is 46.5 Å². The molecule has 6 nitrogen and oxygen atoms in total. The molecule has 0 saturated carbocycles. The zero-order chi connectivity index (χ0) is 18.1. The van der Waals surface area contributed by atoms with Crippen LogP contribution < -0.4 is 24.3 Å². The van der Waals surface area contributed by atoms with E-state index in [1.165, 1.54) is 0 Å². The molecule has 0 saturated heterocycles. The van der Waals surface area contributed by atoms with Gasteiger partial charge in [0.25, 0.3) is 5.91 Å². The van der Waals surface area contributed by atoms with Crippen molar-refractivity contribution in [1.82, 2.24) is 5.32 Å². The van der Waals surface area contributed by atoms with E-state index in [2.05, 4.69) is 5.32 Å². The molecule has 0 aliphatic carbocycles. The SMILES string of the molecule is COc1ccc(CNC(=O)c2c3c(cc4c2OCC4)OCC3)cc1OC. The highest BCUT2D eigenvalue weighted by atomic mass is 16.5. The van der Waals surface area contributed by atoms with Gasteiger partial charge in [-0.1, -0.05) is 6.07 Å². The van der Waals surface area contributed by atoms with Crippen LogP contribution in [0.3, 0.4) is 0 Å². The molecule has 0 aromatic heterocycles. The first-order valence-electron chi connectivity index (χ1n) is 8.64.